The van der Waals surface area contributed by atoms with Crippen LogP contribution >= 0.6 is 0 Å². The van der Waals surface area contributed by atoms with Crippen LogP contribution in [0.1, 0.15) is 44.1 Å². The molecule has 9 heteroatoms. The highest BCUT2D eigenvalue weighted by atomic mass is 16.5. The minimum atomic E-state index is -0.809. The summed E-state index contributed by atoms with van der Waals surface area (Å²) in [6, 6.07) is 6.13. The third-order valence-electron chi connectivity index (χ3n) is 4.48. The second-order valence-corrected chi connectivity index (χ2v) is 6.28. The number of methoxy groups -OCH3 is 2. The number of nitrogens with zero attached hydrogens (tertiary/aromatic N) is 1. The van der Waals surface area contributed by atoms with E-state index in [1.165, 1.54) is 49.6 Å². The Bertz CT molecular complexity index is 900. The van der Waals surface area contributed by atoms with Gasteiger partial charge in [-0.25, -0.2) is 14.4 Å². The molecule has 152 valence electrons. The van der Waals surface area contributed by atoms with Gasteiger partial charge in [0.1, 0.15) is 11.8 Å². The Morgan fingerprint density at radius 3 is 2.24 bits per heavy atom. The van der Waals surface area contributed by atoms with E-state index >= 15 is 0 Å². The Morgan fingerprint density at radius 2 is 1.69 bits per heavy atom. The molecule has 1 atom stereocenters. The molecule has 1 unspecified atom stereocenters. The van der Waals surface area contributed by atoms with Crippen LogP contribution in [0.25, 0.3) is 0 Å². The second kappa shape index (κ2) is 8.59. The quantitative estimate of drug-likeness (QED) is 0.553. The highest BCUT2D eigenvalue weighted by Gasteiger charge is 2.37. The molecule has 0 aliphatic carbocycles. The van der Waals surface area contributed by atoms with Crippen molar-refractivity contribution >= 4 is 23.8 Å². The first-order chi connectivity index (χ1) is 13.9. The third-order valence-corrected chi connectivity index (χ3v) is 4.48. The molecular formula is C20H19NO8. The Hall–Kier alpha value is -3.62. The summed E-state index contributed by atoms with van der Waals surface area (Å²) >= 11 is 0. The predicted molar refractivity (Wildman–Crippen MR) is 97.5 cm³/mol. The smallest absolute Gasteiger partial charge is 0.338 e. The van der Waals surface area contributed by atoms with Crippen LogP contribution in [0.2, 0.25) is 0 Å². The maximum atomic E-state index is 12.7. The first-order valence-electron chi connectivity index (χ1n) is 8.82. The summed E-state index contributed by atoms with van der Waals surface area (Å²) in [7, 11) is 2.38. The molecule has 29 heavy (non-hydrogen) atoms. The topological polar surface area (TPSA) is 112 Å². The van der Waals surface area contributed by atoms with Crippen LogP contribution in [-0.2, 0) is 14.3 Å². The number of likely N-dealkylation sites (tertiary alicyclic amines) is 1. The summed E-state index contributed by atoms with van der Waals surface area (Å²) < 4.78 is 19.8. The Labute approximate surface area is 166 Å². The summed E-state index contributed by atoms with van der Waals surface area (Å²) in [4.78, 5) is 50.4. The number of hydrogen-bond acceptors (Lipinski definition) is 8. The van der Waals surface area contributed by atoms with Crippen LogP contribution in [-0.4, -0.2) is 55.5 Å². The lowest BCUT2D eigenvalue weighted by atomic mass is 10.1. The molecule has 9 nitrogen and oxygen atoms in total. The number of benzene rings is 1. The molecule has 1 aliphatic rings. The highest BCUT2D eigenvalue weighted by Crippen LogP contribution is 2.24. The van der Waals surface area contributed by atoms with Crippen LogP contribution in [0.3, 0.4) is 0 Å². The van der Waals surface area contributed by atoms with Gasteiger partial charge in [0.05, 0.1) is 31.6 Å². The lowest BCUT2D eigenvalue weighted by Crippen LogP contribution is -2.42. The van der Waals surface area contributed by atoms with E-state index in [4.69, 9.17) is 9.15 Å². The van der Waals surface area contributed by atoms with Crippen LogP contribution in [0.4, 0.5) is 0 Å². The predicted octanol–water partition coefficient (Wildman–Crippen LogP) is 2.06. The van der Waals surface area contributed by atoms with Gasteiger partial charge in [-0.15, -0.1) is 0 Å². The van der Waals surface area contributed by atoms with Gasteiger partial charge in [-0.05, 0) is 43.2 Å². The van der Waals surface area contributed by atoms with E-state index in [1.54, 1.807) is 6.07 Å². The van der Waals surface area contributed by atoms with Crippen molar-refractivity contribution in [1.82, 2.24) is 4.90 Å². The molecule has 2 heterocycles. The fourth-order valence-electron chi connectivity index (χ4n) is 3.11. The zero-order valence-corrected chi connectivity index (χ0v) is 15.9. The molecule has 1 aromatic heterocycles. The van der Waals surface area contributed by atoms with Gasteiger partial charge in [-0.2, -0.15) is 0 Å². The standard InChI is InChI=1S/C20H19NO8/c1-26-18(23)12-9-13(19(24)27-2)11-14(10-12)29-20(25)15-5-3-7-21(15)17(22)16-6-4-8-28-16/h4,6,8-11,15H,3,5,7H2,1-2H3. The molecule has 1 aliphatic heterocycles. The van der Waals surface area contributed by atoms with Gasteiger partial charge in [0.2, 0.25) is 0 Å². The van der Waals surface area contributed by atoms with E-state index in [-0.39, 0.29) is 22.6 Å². The second-order valence-electron chi connectivity index (χ2n) is 6.28. The Kier molecular flexibility index (Phi) is 5.96. The Balaban J connectivity index is 1.82. The van der Waals surface area contributed by atoms with Gasteiger partial charge in [0.25, 0.3) is 5.91 Å². The van der Waals surface area contributed by atoms with Crippen molar-refractivity contribution in [1.29, 1.82) is 0 Å². The van der Waals surface area contributed by atoms with E-state index in [2.05, 4.69) is 9.47 Å². The summed E-state index contributed by atoms with van der Waals surface area (Å²) in [5, 5.41) is 0. The number of amides is 1. The zero-order valence-electron chi connectivity index (χ0n) is 15.9. The molecule has 0 bridgehead atoms. The molecule has 0 radical (unpaired) electrons. The normalized spacial score (nSPS) is 15.7. The first-order valence-corrected chi connectivity index (χ1v) is 8.82. The molecule has 1 amide bonds. The molecule has 2 aromatic rings. The SMILES string of the molecule is COC(=O)c1cc(OC(=O)C2CCCN2C(=O)c2ccco2)cc(C(=O)OC)c1. The van der Waals surface area contributed by atoms with Crippen LogP contribution in [0, 0.1) is 0 Å². The maximum Gasteiger partial charge on any atom is 0.338 e. The van der Waals surface area contributed by atoms with Crippen molar-refractivity contribution < 1.29 is 37.8 Å². The fourth-order valence-corrected chi connectivity index (χ4v) is 3.11. The van der Waals surface area contributed by atoms with Crippen molar-refractivity contribution in [2.45, 2.75) is 18.9 Å². The van der Waals surface area contributed by atoms with Crippen molar-refractivity contribution in [3.8, 4) is 5.75 Å². The van der Waals surface area contributed by atoms with Gasteiger partial charge in [-0.3, -0.25) is 4.79 Å². The molecule has 3 rings (SSSR count). The number of esters is 3. The van der Waals surface area contributed by atoms with Crippen LogP contribution in [0.5, 0.6) is 5.75 Å². The van der Waals surface area contributed by atoms with E-state index in [0.29, 0.717) is 19.4 Å². The summed E-state index contributed by atoms with van der Waals surface area (Å²) in [6.45, 7) is 0.384. The van der Waals surface area contributed by atoms with Gasteiger partial charge in [0, 0.05) is 6.54 Å². The molecule has 0 spiro atoms. The molecular weight excluding hydrogens is 382 g/mol. The average Bonchev–Trinajstić information content (AvgIpc) is 3.43. The molecule has 1 saturated heterocycles. The minimum Gasteiger partial charge on any atom is -0.465 e. The minimum absolute atomic E-state index is 0.0214. The number of carbonyl (C=O) groups is 4. The van der Waals surface area contributed by atoms with Crippen molar-refractivity contribution in [2.24, 2.45) is 0 Å². The monoisotopic (exact) mass is 401 g/mol. The summed E-state index contributed by atoms with van der Waals surface area (Å²) in [5.41, 5.74) is 0.0429. The van der Waals surface area contributed by atoms with E-state index in [1.807, 2.05) is 0 Å². The van der Waals surface area contributed by atoms with Crippen molar-refractivity contribution in [3.63, 3.8) is 0 Å². The highest BCUT2D eigenvalue weighted by molar-refractivity contribution is 5.97. The summed E-state index contributed by atoms with van der Waals surface area (Å²) in [5.74, 6) is -2.40. The summed E-state index contributed by atoms with van der Waals surface area (Å²) in [6.07, 6.45) is 2.43. The largest absolute Gasteiger partial charge is 0.465 e. The van der Waals surface area contributed by atoms with Gasteiger partial charge in [0.15, 0.2) is 5.76 Å². The van der Waals surface area contributed by atoms with Crippen molar-refractivity contribution in [3.05, 3.63) is 53.5 Å². The number of hydrogen-bond donors (Lipinski definition) is 0. The van der Waals surface area contributed by atoms with Crippen molar-refractivity contribution in [2.75, 3.05) is 20.8 Å². The lowest BCUT2D eigenvalue weighted by molar-refractivity contribution is -0.138. The number of ether oxygens (including phenoxy) is 3. The van der Waals surface area contributed by atoms with Crippen LogP contribution < -0.4 is 4.74 Å². The number of furan rings is 1. The number of rotatable bonds is 5. The van der Waals surface area contributed by atoms with Gasteiger partial charge < -0.3 is 23.5 Å². The fraction of sp³-hybridized carbons (Fsp3) is 0.300. The Morgan fingerprint density at radius 1 is 1.03 bits per heavy atom. The average molecular weight is 401 g/mol. The van der Waals surface area contributed by atoms with Gasteiger partial charge >= 0.3 is 17.9 Å². The van der Waals surface area contributed by atoms with E-state index in [0.717, 1.165) is 0 Å². The van der Waals surface area contributed by atoms with Crippen LogP contribution in [0.15, 0.2) is 41.0 Å². The first kappa shape index (κ1) is 20.1. The maximum absolute atomic E-state index is 12.7. The molecule has 0 saturated carbocycles. The van der Waals surface area contributed by atoms with E-state index in [9.17, 15) is 19.2 Å². The molecule has 0 N–H and O–H groups in total. The zero-order chi connectivity index (χ0) is 21.0. The molecule has 1 fully saturated rings. The third kappa shape index (κ3) is 4.29. The van der Waals surface area contributed by atoms with Gasteiger partial charge in [-0.1, -0.05) is 0 Å². The lowest BCUT2D eigenvalue weighted by Gasteiger charge is -2.22. The van der Waals surface area contributed by atoms with E-state index < -0.39 is 29.9 Å². The number of carbonyl (C=O) groups excluding carboxylic acids is 4. The molecule has 1 aromatic carbocycles.